The molecule has 1 fully saturated rings. The number of nitrogens with one attached hydrogen (secondary N) is 1. The summed E-state index contributed by atoms with van der Waals surface area (Å²) in [6, 6.07) is 12.3. The number of likely N-dealkylation sites (tertiary alicyclic amines) is 1. The van der Waals surface area contributed by atoms with Crippen molar-refractivity contribution >= 4 is 6.09 Å². The van der Waals surface area contributed by atoms with Gasteiger partial charge in [0, 0.05) is 31.4 Å². The number of aromatic nitrogens is 2. The molecule has 7 nitrogen and oxygen atoms in total. The van der Waals surface area contributed by atoms with Crippen LogP contribution in [0.25, 0.3) is 11.3 Å². The molecule has 1 aliphatic heterocycles. The number of β-amino-alcohol motifs (C(OH)–C–C–N with tert-alkyl or cyclic N) is 1. The van der Waals surface area contributed by atoms with Gasteiger partial charge in [-0.3, -0.25) is 0 Å². The van der Waals surface area contributed by atoms with Crippen molar-refractivity contribution in [2.75, 3.05) is 19.6 Å². The van der Waals surface area contributed by atoms with Crippen LogP contribution in [0.2, 0.25) is 0 Å². The molecule has 1 saturated heterocycles. The quantitative estimate of drug-likeness (QED) is 0.379. The smallest absolute Gasteiger partial charge is 0.410 e. The highest BCUT2D eigenvalue weighted by atomic mass is 19.1. The molecular formula is C31H40F2N4O3. The fraction of sp³-hybridized carbons (Fsp3) is 0.484. The first-order valence-electron chi connectivity index (χ1n) is 13.6. The Morgan fingerprint density at radius 3 is 2.40 bits per heavy atom. The fourth-order valence-electron chi connectivity index (χ4n) is 4.97. The lowest BCUT2D eigenvalue weighted by molar-refractivity contribution is 0.0132. The van der Waals surface area contributed by atoms with Crippen molar-refractivity contribution in [3.63, 3.8) is 0 Å². The Hall–Kier alpha value is -3.30. The first-order chi connectivity index (χ1) is 18.6. The minimum absolute atomic E-state index is 0.151. The van der Waals surface area contributed by atoms with Crippen LogP contribution in [0.3, 0.4) is 0 Å². The van der Waals surface area contributed by atoms with E-state index in [0.717, 1.165) is 5.56 Å². The summed E-state index contributed by atoms with van der Waals surface area (Å²) in [6.45, 7) is 12.8. The number of ether oxygens (including phenoxy) is 1. The summed E-state index contributed by atoms with van der Waals surface area (Å²) in [5.74, 6) is -0.00291. The maximum Gasteiger partial charge on any atom is 0.410 e. The van der Waals surface area contributed by atoms with Gasteiger partial charge in [-0.25, -0.2) is 18.6 Å². The minimum atomic E-state index is -1.15. The van der Waals surface area contributed by atoms with E-state index in [1.807, 2.05) is 37.6 Å². The van der Waals surface area contributed by atoms with Crippen molar-refractivity contribution in [2.45, 2.75) is 71.8 Å². The number of imidazole rings is 1. The summed E-state index contributed by atoms with van der Waals surface area (Å²) in [4.78, 5) is 19.0. The van der Waals surface area contributed by atoms with Gasteiger partial charge >= 0.3 is 6.09 Å². The van der Waals surface area contributed by atoms with Crippen LogP contribution in [0.5, 0.6) is 0 Å². The van der Waals surface area contributed by atoms with Crippen LogP contribution in [-0.4, -0.2) is 56.5 Å². The number of carbonyl (C=O) groups is 1. The van der Waals surface area contributed by atoms with Crippen molar-refractivity contribution in [3.8, 4) is 11.3 Å². The lowest BCUT2D eigenvalue weighted by atomic mass is 9.85. The fourth-order valence-corrected chi connectivity index (χ4v) is 4.97. The molecule has 1 aliphatic rings. The Morgan fingerprint density at radius 2 is 1.77 bits per heavy atom. The van der Waals surface area contributed by atoms with E-state index in [2.05, 4.69) is 26.1 Å². The Bertz CT molecular complexity index is 1340. The Kier molecular flexibility index (Phi) is 8.38. The molecular weight excluding hydrogens is 514 g/mol. The topological polar surface area (TPSA) is 79.6 Å². The largest absolute Gasteiger partial charge is 0.444 e. The molecule has 0 saturated carbocycles. The molecule has 216 valence electrons. The number of hydrogen-bond donors (Lipinski definition) is 2. The first kappa shape index (κ1) is 29.7. The zero-order valence-electron chi connectivity index (χ0n) is 24.2. The van der Waals surface area contributed by atoms with Crippen molar-refractivity contribution < 1.29 is 23.4 Å². The van der Waals surface area contributed by atoms with Crippen LogP contribution in [-0.2, 0) is 11.3 Å². The summed E-state index contributed by atoms with van der Waals surface area (Å²) >= 11 is 0. The van der Waals surface area contributed by atoms with Crippen LogP contribution in [0, 0.1) is 17.0 Å². The molecule has 0 spiro atoms. The van der Waals surface area contributed by atoms with Gasteiger partial charge in [-0.1, -0.05) is 45.0 Å². The highest BCUT2D eigenvalue weighted by Crippen LogP contribution is 2.35. The van der Waals surface area contributed by atoms with Gasteiger partial charge in [0.1, 0.15) is 23.1 Å². The lowest BCUT2D eigenvalue weighted by Crippen LogP contribution is -2.47. The van der Waals surface area contributed by atoms with E-state index in [1.54, 1.807) is 18.2 Å². The van der Waals surface area contributed by atoms with Gasteiger partial charge in [-0.05, 0) is 62.4 Å². The van der Waals surface area contributed by atoms with Crippen LogP contribution >= 0.6 is 0 Å². The van der Waals surface area contributed by atoms with Gasteiger partial charge in [-0.2, -0.15) is 0 Å². The molecule has 9 heteroatoms. The van der Waals surface area contributed by atoms with Crippen molar-refractivity contribution in [1.82, 2.24) is 19.8 Å². The molecule has 2 aromatic carbocycles. The highest BCUT2D eigenvalue weighted by molar-refractivity contribution is 5.68. The number of amides is 1. The van der Waals surface area contributed by atoms with E-state index in [0.29, 0.717) is 36.6 Å². The summed E-state index contributed by atoms with van der Waals surface area (Å²) in [7, 11) is 0. The normalized spacial score (nSPS) is 18.7. The molecule has 2 atom stereocenters. The summed E-state index contributed by atoms with van der Waals surface area (Å²) in [5.41, 5.74) is -0.118. The molecule has 2 N–H and O–H groups in total. The average molecular weight is 555 g/mol. The van der Waals surface area contributed by atoms with Gasteiger partial charge in [0.05, 0.1) is 23.9 Å². The summed E-state index contributed by atoms with van der Waals surface area (Å²) in [6.07, 6.45) is 1.81. The second-order valence-corrected chi connectivity index (χ2v) is 12.8. The number of rotatable bonds is 7. The predicted octanol–water partition coefficient (Wildman–Crippen LogP) is 5.93. The van der Waals surface area contributed by atoms with Gasteiger partial charge in [-0.15, -0.1) is 0 Å². The third-order valence-electron chi connectivity index (χ3n) is 6.91. The molecule has 3 aromatic rings. The van der Waals surface area contributed by atoms with Gasteiger partial charge < -0.3 is 24.6 Å². The van der Waals surface area contributed by atoms with Crippen molar-refractivity contribution in [2.24, 2.45) is 5.41 Å². The SMILES string of the molecule is CC(C)(C)OC(=O)N1CCC(O)(CN[C@@H](c2nc(-c3cccc(F)c3)cn2Cc2cccc(F)c2)C(C)(C)C)C1. The maximum atomic E-state index is 14.1. The van der Waals surface area contributed by atoms with Crippen LogP contribution in [0.1, 0.15) is 65.4 Å². The van der Waals surface area contributed by atoms with E-state index < -0.39 is 17.3 Å². The molecule has 0 bridgehead atoms. The number of halogens is 2. The second-order valence-electron chi connectivity index (χ2n) is 12.8. The summed E-state index contributed by atoms with van der Waals surface area (Å²) < 4.78 is 35.5. The Morgan fingerprint density at radius 1 is 1.10 bits per heavy atom. The Labute approximate surface area is 235 Å². The standard InChI is InChI=1S/C31H40F2N4O3/c1-29(2,3)26(34-19-31(39)13-14-36(20-31)28(38)40-30(4,5)6)27-35-25(22-10-8-12-24(33)16-22)18-37(27)17-21-9-7-11-23(32)15-21/h7-12,15-16,18,26,34,39H,13-14,17,19-20H2,1-6H3/t26-,31?/m0/s1. The van der Waals surface area contributed by atoms with Crippen LogP contribution in [0.15, 0.2) is 54.7 Å². The molecule has 1 aromatic heterocycles. The number of aliphatic hydroxyl groups is 1. The van der Waals surface area contributed by atoms with E-state index in [9.17, 15) is 18.7 Å². The van der Waals surface area contributed by atoms with E-state index >= 15 is 0 Å². The molecule has 1 unspecified atom stereocenters. The van der Waals surface area contributed by atoms with Crippen molar-refractivity contribution in [3.05, 3.63) is 77.8 Å². The molecule has 0 aliphatic carbocycles. The highest BCUT2D eigenvalue weighted by Gasteiger charge is 2.41. The van der Waals surface area contributed by atoms with E-state index in [1.165, 1.54) is 29.2 Å². The molecule has 2 heterocycles. The second kappa shape index (κ2) is 11.3. The van der Waals surface area contributed by atoms with Crippen LogP contribution in [0.4, 0.5) is 13.6 Å². The Balaban J connectivity index is 1.62. The monoisotopic (exact) mass is 554 g/mol. The predicted molar refractivity (Wildman–Crippen MR) is 151 cm³/mol. The third kappa shape index (κ3) is 7.46. The lowest BCUT2D eigenvalue weighted by Gasteiger charge is -2.34. The minimum Gasteiger partial charge on any atom is -0.444 e. The number of hydrogen-bond acceptors (Lipinski definition) is 5. The zero-order valence-corrected chi connectivity index (χ0v) is 24.2. The van der Waals surface area contributed by atoms with Crippen LogP contribution < -0.4 is 5.32 Å². The maximum absolute atomic E-state index is 14.1. The van der Waals surface area contributed by atoms with E-state index in [4.69, 9.17) is 9.72 Å². The summed E-state index contributed by atoms with van der Waals surface area (Å²) in [5, 5.41) is 14.9. The van der Waals surface area contributed by atoms with Gasteiger partial charge in [0.25, 0.3) is 0 Å². The van der Waals surface area contributed by atoms with Gasteiger partial charge in [0.2, 0.25) is 0 Å². The molecule has 1 amide bonds. The average Bonchev–Trinajstić information content (AvgIpc) is 3.42. The number of nitrogens with zero attached hydrogens (tertiary/aromatic N) is 3. The molecule has 40 heavy (non-hydrogen) atoms. The van der Waals surface area contributed by atoms with E-state index in [-0.39, 0.29) is 36.2 Å². The molecule has 4 rings (SSSR count). The zero-order chi connectivity index (χ0) is 29.3. The number of carbonyl (C=O) groups excluding carboxylic acids is 1. The number of benzene rings is 2. The van der Waals surface area contributed by atoms with Gasteiger partial charge in [0.15, 0.2) is 0 Å². The third-order valence-corrected chi connectivity index (χ3v) is 6.91. The first-order valence-corrected chi connectivity index (χ1v) is 13.6. The molecule has 0 radical (unpaired) electrons. The van der Waals surface area contributed by atoms with Crippen molar-refractivity contribution in [1.29, 1.82) is 0 Å².